The van der Waals surface area contributed by atoms with Crippen molar-refractivity contribution in [1.82, 2.24) is 4.57 Å². The number of hydrogen-bond donors (Lipinski definition) is 1. The lowest BCUT2D eigenvalue weighted by atomic mass is 9.96. The SMILES string of the molecule is CC(C)(C)OC(=O)n1c(BO)cc2c(OCc3ccccc3)cccc21. The largest absolute Gasteiger partial charge is 0.488 e. The highest BCUT2D eigenvalue weighted by atomic mass is 16.6. The molecule has 0 aliphatic rings. The number of nitrogens with zero attached hydrogens (tertiary/aromatic N) is 1. The Labute approximate surface area is 153 Å². The second-order valence-electron chi connectivity index (χ2n) is 7.07. The van der Waals surface area contributed by atoms with Crippen LogP contribution in [0.5, 0.6) is 5.75 Å². The Morgan fingerprint density at radius 2 is 1.85 bits per heavy atom. The van der Waals surface area contributed by atoms with Gasteiger partial charge in [0.25, 0.3) is 0 Å². The van der Waals surface area contributed by atoms with Crippen LogP contribution in [0.2, 0.25) is 0 Å². The van der Waals surface area contributed by atoms with Gasteiger partial charge in [0, 0.05) is 11.0 Å². The highest BCUT2D eigenvalue weighted by molar-refractivity contribution is 6.46. The van der Waals surface area contributed by atoms with Crippen LogP contribution in [0.1, 0.15) is 26.3 Å². The molecule has 5 nitrogen and oxygen atoms in total. The summed E-state index contributed by atoms with van der Waals surface area (Å²) in [5.74, 6) is 0.656. The van der Waals surface area contributed by atoms with E-state index in [2.05, 4.69) is 0 Å². The predicted molar refractivity (Wildman–Crippen MR) is 103 cm³/mol. The lowest BCUT2D eigenvalue weighted by Gasteiger charge is -2.20. The molecule has 1 heterocycles. The number of rotatable bonds is 4. The van der Waals surface area contributed by atoms with Gasteiger partial charge in [-0.05, 0) is 44.5 Å². The van der Waals surface area contributed by atoms with Gasteiger partial charge in [-0.2, -0.15) is 0 Å². The van der Waals surface area contributed by atoms with E-state index in [1.54, 1.807) is 6.07 Å². The summed E-state index contributed by atoms with van der Waals surface area (Å²) in [6.07, 6.45) is -0.517. The van der Waals surface area contributed by atoms with Crippen molar-refractivity contribution in [2.75, 3.05) is 0 Å². The van der Waals surface area contributed by atoms with Crippen LogP contribution in [-0.2, 0) is 11.3 Å². The van der Waals surface area contributed by atoms with Gasteiger partial charge in [-0.1, -0.05) is 36.4 Å². The van der Waals surface area contributed by atoms with E-state index in [-0.39, 0.29) is 7.48 Å². The van der Waals surface area contributed by atoms with Crippen LogP contribution in [0.15, 0.2) is 54.6 Å². The van der Waals surface area contributed by atoms with Crippen molar-refractivity contribution in [3.8, 4) is 5.75 Å². The van der Waals surface area contributed by atoms with Crippen molar-refractivity contribution in [2.24, 2.45) is 0 Å². The van der Waals surface area contributed by atoms with Crippen LogP contribution in [-0.4, -0.2) is 28.8 Å². The van der Waals surface area contributed by atoms with E-state index >= 15 is 0 Å². The van der Waals surface area contributed by atoms with Gasteiger partial charge in [-0.3, -0.25) is 4.57 Å². The van der Waals surface area contributed by atoms with Crippen molar-refractivity contribution < 1.29 is 19.3 Å². The van der Waals surface area contributed by atoms with E-state index in [4.69, 9.17) is 9.47 Å². The molecule has 0 spiro atoms. The summed E-state index contributed by atoms with van der Waals surface area (Å²) in [7, 11) is -0.272. The highest BCUT2D eigenvalue weighted by Gasteiger charge is 2.23. The van der Waals surface area contributed by atoms with Crippen LogP contribution in [0, 0.1) is 0 Å². The van der Waals surface area contributed by atoms with E-state index < -0.39 is 11.7 Å². The van der Waals surface area contributed by atoms with E-state index in [1.165, 1.54) is 4.57 Å². The fourth-order valence-corrected chi connectivity index (χ4v) is 2.76. The summed E-state index contributed by atoms with van der Waals surface area (Å²) in [6.45, 7) is 5.85. The molecule has 0 aliphatic carbocycles. The molecule has 0 atom stereocenters. The molecule has 0 saturated carbocycles. The van der Waals surface area contributed by atoms with Gasteiger partial charge in [0.1, 0.15) is 18.0 Å². The Hall–Kier alpha value is -2.73. The molecule has 0 unspecified atom stereocenters. The zero-order valence-corrected chi connectivity index (χ0v) is 15.2. The van der Waals surface area contributed by atoms with Gasteiger partial charge in [-0.15, -0.1) is 0 Å². The third kappa shape index (κ3) is 3.91. The molecule has 26 heavy (non-hydrogen) atoms. The van der Waals surface area contributed by atoms with Gasteiger partial charge < -0.3 is 14.5 Å². The molecule has 0 bridgehead atoms. The summed E-state index contributed by atoms with van der Waals surface area (Å²) >= 11 is 0. The van der Waals surface area contributed by atoms with Crippen molar-refractivity contribution in [2.45, 2.75) is 33.0 Å². The smallest absolute Gasteiger partial charge is 0.418 e. The first kappa shape index (κ1) is 18.1. The number of hydrogen-bond acceptors (Lipinski definition) is 4. The average Bonchev–Trinajstić information content (AvgIpc) is 2.98. The molecule has 3 rings (SSSR count). The van der Waals surface area contributed by atoms with Crippen molar-refractivity contribution in [3.05, 3.63) is 60.2 Å². The van der Waals surface area contributed by atoms with E-state index in [1.807, 2.05) is 69.3 Å². The van der Waals surface area contributed by atoms with Gasteiger partial charge in [0.2, 0.25) is 0 Å². The first-order valence-corrected chi connectivity index (χ1v) is 8.53. The molecule has 0 saturated heterocycles. The van der Waals surface area contributed by atoms with Crippen LogP contribution in [0.25, 0.3) is 10.9 Å². The van der Waals surface area contributed by atoms with Crippen LogP contribution >= 0.6 is 0 Å². The predicted octanol–water partition coefficient (Wildman–Crippen LogP) is 2.97. The minimum Gasteiger partial charge on any atom is -0.488 e. The Bertz CT molecular complexity index is 913. The normalized spacial score (nSPS) is 11.4. The summed E-state index contributed by atoms with van der Waals surface area (Å²) < 4.78 is 12.8. The number of aromatic nitrogens is 1. The number of carbonyl (C=O) groups excluding carboxylic acids is 1. The molecular formula is C20H22BNO4. The summed E-state index contributed by atoms with van der Waals surface area (Å²) in [6, 6.07) is 17.1. The molecule has 0 amide bonds. The molecule has 0 aliphatic heterocycles. The number of fused-ring (bicyclic) bond motifs is 1. The lowest BCUT2D eigenvalue weighted by Crippen LogP contribution is -2.34. The molecule has 0 radical (unpaired) electrons. The van der Waals surface area contributed by atoms with Crippen molar-refractivity contribution >= 4 is 30.1 Å². The molecule has 2 aromatic carbocycles. The average molecular weight is 351 g/mol. The van der Waals surface area contributed by atoms with Gasteiger partial charge in [0.15, 0.2) is 0 Å². The van der Waals surface area contributed by atoms with Crippen molar-refractivity contribution in [1.29, 1.82) is 0 Å². The molecular weight excluding hydrogens is 329 g/mol. The molecule has 1 N–H and O–H groups in total. The zero-order valence-electron chi connectivity index (χ0n) is 15.2. The van der Waals surface area contributed by atoms with E-state index in [0.717, 1.165) is 10.9 Å². The first-order chi connectivity index (χ1) is 12.4. The van der Waals surface area contributed by atoms with Gasteiger partial charge in [0.05, 0.1) is 5.52 Å². The molecule has 6 heteroatoms. The first-order valence-electron chi connectivity index (χ1n) is 8.53. The topological polar surface area (TPSA) is 60.7 Å². The third-order valence-electron chi connectivity index (χ3n) is 3.86. The van der Waals surface area contributed by atoms with E-state index in [9.17, 15) is 9.82 Å². The number of ether oxygens (including phenoxy) is 2. The quantitative estimate of drug-likeness (QED) is 0.734. The zero-order chi connectivity index (χ0) is 18.7. The maximum atomic E-state index is 12.6. The second kappa shape index (κ2) is 7.26. The number of benzene rings is 2. The minimum atomic E-state index is -0.623. The van der Waals surface area contributed by atoms with Crippen LogP contribution in [0.3, 0.4) is 0 Å². The maximum absolute atomic E-state index is 12.6. The standard InChI is InChI=1S/C20H22BNO4/c1-20(2,3)26-19(23)22-16-10-7-11-17(15(16)12-18(22)21-24)25-13-14-8-5-4-6-9-14/h4-12,21,24H,13H2,1-3H3. The fraction of sp³-hybridized carbons (Fsp3) is 0.250. The lowest BCUT2D eigenvalue weighted by molar-refractivity contribution is 0.0549. The Morgan fingerprint density at radius 1 is 1.12 bits per heavy atom. The summed E-state index contributed by atoms with van der Waals surface area (Å²) in [5.41, 5.74) is 1.54. The Balaban J connectivity index is 1.96. The Kier molecular flexibility index (Phi) is 5.05. The summed E-state index contributed by atoms with van der Waals surface area (Å²) in [5, 5.41) is 10.5. The summed E-state index contributed by atoms with van der Waals surface area (Å²) in [4.78, 5) is 12.6. The molecule has 1 aromatic heterocycles. The molecule has 134 valence electrons. The monoisotopic (exact) mass is 351 g/mol. The number of carbonyl (C=O) groups is 1. The second-order valence-corrected chi connectivity index (χ2v) is 7.07. The van der Waals surface area contributed by atoms with E-state index in [0.29, 0.717) is 23.5 Å². The fourth-order valence-electron chi connectivity index (χ4n) is 2.76. The highest BCUT2D eigenvalue weighted by Crippen LogP contribution is 2.27. The Morgan fingerprint density at radius 3 is 2.50 bits per heavy atom. The van der Waals surface area contributed by atoms with Crippen LogP contribution < -0.4 is 10.3 Å². The van der Waals surface area contributed by atoms with Crippen molar-refractivity contribution in [3.63, 3.8) is 0 Å². The van der Waals surface area contributed by atoms with Crippen LogP contribution in [0.4, 0.5) is 4.79 Å². The maximum Gasteiger partial charge on any atom is 0.418 e. The third-order valence-corrected chi connectivity index (χ3v) is 3.86. The molecule has 0 fully saturated rings. The van der Waals surface area contributed by atoms with Gasteiger partial charge >= 0.3 is 13.6 Å². The van der Waals surface area contributed by atoms with Gasteiger partial charge in [-0.25, -0.2) is 4.79 Å². The minimum absolute atomic E-state index is 0.272. The molecule has 3 aromatic rings.